The molecule has 0 aliphatic carbocycles. The molecule has 0 bridgehead atoms. The highest BCUT2D eigenvalue weighted by molar-refractivity contribution is 5.96. The Bertz CT molecular complexity index is 641. The monoisotopic (exact) mass is 260 g/mol. The predicted molar refractivity (Wildman–Crippen MR) is 72.2 cm³/mol. The fourth-order valence-corrected chi connectivity index (χ4v) is 1.71. The first-order chi connectivity index (χ1) is 8.97. The van der Waals surface area contributed by atoms with Crippen LogP contribution in [0.4, 0.5) is 21.5 Å². The highest BCUT2D eigenvalue weighted by atomic mass is 19.1. The van der Waals surface area contributed by atoms with Crippen molar-refractivity contribution in [3.05, 3.63) is 53.3 Å². The number of aromatic carboxylic acids is 1. The van der Waals surface area contributed by atoms with Crippen LogP contribution < -0.4 is 11.1 Å². The van der Waals surface area contributed by atoms with Gasteiger partial charge in [-0.1, -0.05) is 6.07 Å². The summed E-state index contributed by atoms with van der Waals surface area (Å²) in [4.78, 5) is 11.1. The van der Waals surface area contributed by atoms with Crippen LogP contribution in [0.1, 0.15) is 15.9 Å². The maximum Gasteiger partial charge on any atom is 0.337 e. The second kappa shape index (κ2) is 4.97. The lowest BCUT2D eigenvalue weighted by molar-refractivity contribution is 0.0698. The van der Waals surface area contributed by atoms with Crippen molar-refractivity contribution in [3.63, 3.8) is 0 Å². The zero-order chi connectivity index (χ0) is 14.0. The lowest BCUT2D eigenvalue weighted by atomic mass is 10.1. The maximum atomic E-state index is 13.7. The van der Waals surface area contributed by atoms with Gasteiger partial charge in [0.15, 0.2) is 0 Å². The highest BCUT2D eigenvalue weighted by Gasteiger charge is 2.12. The predicted octanol–water partition coefficient (Wildman–Crippen LogP) is 3.16. The molecule has 0 unspecified atom stereocenters. The van der Waals surface area contributed by atoms with Gasteiger partial charge >= 0.3 is 5.97 Å². The topological polar surface area (TPSA) is 75.3 Å². The number of hydrogen-bond donors (Lipinski definition) is 3. The average molecular weight is 260 g/mol. The number of aryl methyl sites for hydroxylation is 1. The first kappa shape index (κ1) is 12.9. The van der Waals surface area contributed by atoms with Gasteiger partial charge in [-0.3, -0.25) is 0 Å². The molecule has 0 aromatic heterocycles. The minimum Gasteiger partial charge on any atom is -0.478 e. The van der Waals surface area contributed by atoms with Crippen molar-refractivity contribution in [1.29, 1.82) is 0 Å². The van der Waals surface area contributed by atoms with E-state index in [4.69, 9.17) is 10.8 Å². The summed E-state index contributed by atoms with van der Waals surface area (Å²) in [5.41, 5.74) is 7.19. The third-order valence-electron chi connectivity index (χ3n) is 2.67. The van der Waals surface area contributed by atoms with E-state index in [0.29, 0.717) is 11.4 Å². The first-order valence-corrected chi connectivity index (χ1v) is 5.63. The Kier molecular flexibility index (Phi) is 3.37. The maximum absolute atomic E-state index is 13.7. The van der Waals surface area contributed by atoms with Crippen molar-refractivity contribution >= 4 is 23.0 Å². The summed E-state index contributed by atoms with van der Waals surface area (Å²) in [7, 11) is 0. The minimum atomic E-state index is -1.12. The van der Waals surface area contributed by atoms with E-state index < -0.39 is 11.8 Å². The molecule has 19 heavy (non-hydrogen) atoms. The second-order valence-corrected chi connectivity index (χ2v) is 4.22. The summed E-state index contributed by atoms with van der Waals surface area (Å²) in [6, 6.07) is 9.07. The normalized spacial score (nSPS) is 10.2. The van der Waals surface area contributed by atoms with E-state index in [2.05, 4.69) is 5.32 Å². The van der Waals surface area contributed by atoms with Crippen LogP contribution in [0.3, 0.4) is 0 Å². The van der Waals surface area contributed by atoms with Crippen molar-refractivity contribution < 1.29 is 14.3 Å². The van der Waals surface area contributed by atoms with E-state index in [9.17, 15) is 9.18 Å². The fourth-order valence-electron chi connectivity index (χ4n) is 1.71. The third-order valence-corrected chi connectivity index (χ3v) is 2.67. The van der Waals surface area contributed by atoms with Gasteiger partial charge in [-0.2, -0.15) is 0 Å². The number of benzene rings is 2. The van der Waals surface area contributed by atoms with Crippen molar-refractivity contribution in [2.24, 2.45) is 0 Å². The summed E-state index contributed by atoms with van der Waals surface area (Å²) in [6.45, 7) is 1.78. The largest absolute Gasteiger partial charge is 0.478 e. The molecule has 5 heteroatoms. The fraction of sp³-hybridized carbons (Fsp3) is 0.0714. The number of nitrogens with one attached hydrogen (secondary N) is 1. The van der Waals surface area contributed by atoms with Gasteiger partial charge in [0.1, 0.15) is 5.82 Å². The van der Waals surface area contributed by atoms with E-state index in [0.717, 1.165) is 5.56 Å². The molecule has 4 N–H and O–H groups in total. The van der Waals surface area contributed by atoms with Crippen LogP contribution in [0, 0.1) is 12.7 Å². The number of rotatable bonds is 3. The van der Waals surface area contributed by atoms with E-state index in [-0.39, 0.29) is 11.3 Å². The van der Waals surface area contributed by atoms with Gasteiger partial charge in [-0.15, -0.1) is 0 Å². The highest BCUT2D eigenvalue weighted by Crippen LogP contribution is 2.25. The van der Waals surface area contributed by atoms with Crippen LogP contribution in [0.2, 0.25) is 0 Å². The van der Waals surface area contributed by atoms with E-state index in [1.807, 2.05) is 0 Å². The number of hydrogen-bond acceptors (Lipinski definition) is 3. The Hall–Kier alpha value is -2.56. The van der Waals surface area contributed by atoms with E-state index in [1.165, 1.54) is 18.2 Å². The molecule has 0 spiro atoms. The van der Waals surface area contributed by atoms with Crippen LogP contribution in [0.25, 0.3) is 0 Å². The Morgan fingerprint density at radius 2 is 1.89 bits per heavy atom. The van der Waals surface area contributed by atoms with Gasteiger partial charge in [0.25, 0.3) is 0 Å². The molecule has 0 fully saturated rings. The van der Waals surface area contributed by atoms with Crippen molar-refractivity contribution in [1.82, 2.24) is 0 Å². The number of nitrogen functional groups attached to an aromatic ring is 1. The molecular formula is C14H13FN2O2. The quantitative estimate of drug-likeness (QED) is 0.741. The molecule has 2 rings (SSSR count). The molecule has 0 saturated carbocycles. The molecule has 0 aliphatic heterocycles. The van der Waals surface area contributed by atoms with Gasteiger partial charge in [-0.05, 0) is 42.8 Å². The summed E-state index contributed by atoms with van der Waals surface area (Å²) in [6.07, 6.45) is 0. The first-order valence-electron chi connectivity index (χ1n) is 5.63. The Balaban J connectivity index is 2.40. The average Bonchev–Trinajstić information content (AvgIpc) is 2.34. The minimum absolute atomic E-state index is 0.0000231. The Labute approximate surface area is 109 Å². The SMILES string of the molecule is Cc1ccc(Nc2ccc(N)cc2C(=O)O)c(F)c1. The van der Waals surface area contributed by atoms with Crippen LogP contribution in [-0.4, -0.2) is 11.1 Å². The van der Waals surface area contributed by atoms with Gasteiger partial charge in [-0.25, -0.2) is 9.18 Å². The smallest absolute Gasteiger partial charge is 0.337 e. The van der Waals surface area contributed by atoms with Gasteiger partial charge in [0.05, 0.1) is 16.9 Å². The second-order valence-electron chi connectivity index (χ2n) is 4.22. The number of nitrogens with two attached hydrogens (primary N) is 1. The van der Waals surface area contributed by atoms with Crippen molar-refractivity contribution in [3.8, 4) is 0 Å². The number of halogens is 1. The zero-order valence-electron chi connectivity index (χ0n) is 10.3. The summed E-state index contributed by atoms with van der Waals surface area (Å²) < 4.78 is 13.7. The molecule has 0 amide bonds. The number of carboxylic acids is 1. The van der Waals surface area contributed by atoms with Crippen LogP contribution in [0.15, 0.2) is 36.4 Å². The van der Waals surface area contributed by atoms with Gasteiger partial charge in [0.2, 0.25) is 0 Å². The van der Waals surface area contributed by atoms with Crippen LogP contribution in [-0.2, 0) is 0 Å². The third kappa shape index (κ3) is 2.82. The Morgan fingerprint density at radius 1 is 1.21 bits per heavy atom. The Morgan fingerprint density at radius 3 is 2.53 bits per heavy atom. The number of carboxylic acid groups (broad SMARTS) is 1. The summed E-state index contributed by atoms with van der Waals surface area (Å²) in [5.74, 6) is -1.56. The zero-order valence-corrected chi connectivity index (χ0v) is 10.3. The van der Waals surface area contributed by atoms with Crippen molar-refractivity contribution in [2.75, 3.05) is 11.1 Å². The molecule has 98 valence electrons. The molecule has 2 aromatic carbocycles. The molecule has 0 aliphatic rings. The lowest BCUT2D eigenvalue weighted by Gasteiger charge is -2.11. The van der Waals surface area contributed by atoms with Gasteiger partial charge in [0, 0.05) is 5.69 Å². The molecule has 0 radical (unpaired) electrons. The van der Waals surface area contributed by atoms with Crippen LogP contribution >= 0.6 is 0 Å². The molecule has 0 heterocycles. The summed E-state index contributed by atoms with van der Waals surface area (Å²) >= 11 is 0. The molecular weight excluding hydrogens is 247 g/mol. The van der Waals surface area contributed by atoms with E-state index >= 15 is 0 Å². The van der Waals surface area contributed by atoms with E-state index in [1.54, 1.807) is 25.1 Å². The number of carbonyl (C=O) groups is 1. The van der Waals surface area contributed by atoms with Crippen LogP contribution in [0.5, 0.6) is 0 Å². The van der Waals surface area contributed by atoms with Crippen molar-refractivity contribution in [2.45, 2.75) is 6.92 Å². The molecule has 4 nitrogen and oxygen atoms in total. The molecule has 0 saturated heterocycles. The summed E-state index contributed by atoms with van der Waals surface area (Å²) in [5, 5.41) is 11.9. The van der Waals surface area contributed by atoms with Gasteiger partial charge < -0.3 is 16.2 Å². The lowest BCUT2D eigenvalue weighted by Crippen LogP contribution is -2.04. The molecule has 2 aromatic rings. The number of anilines is 3. The molecule has 0 atom stereocenters. The standard InChI is InChI=1S/C14H13FN2O2/c1-8-2-4-13(11(15)6-8)17-12-5-3-9(16)7-10(12)14(18)19/h2-7,17H,16H2,1H3,(H,18,19).